The summed E-state index contributed by atoms with van der Waals surface area (Å²) >= 11 is 0. The van der Waals surface area contributed by atoms with Crippen molar-refractivity contribution in [3.8, 4) is 5.75 Å². The van der Waals surface area contributed by atoms with Crippen molar-refractivity contribution in [2.45, 2.75) is 32.2 Å². The van der Waals surface area contributed by atoms with Crippen molar-refractivity contribution in [1.29, 1.82) is 0 Å². The first kappa shape index (κ1) is 16.5. The quantitative estimate of drug-likeness (QED) is 0.844. The van der Waals surface area contributed by atoms with Gasteiger partial charge in [0.05, 0.1) is 18.8 Å². The molecule has 0 fully saturated rings. The molecule has 0 amide bonds. The maximum absolute atomic E-state index is 12.4. The van der Waals surface area contributed by atoms with Gasteiger partial charge in [-0.05, 0) is 39.0 Å². The summed E-state index contributed by atoms with van der Waals surface area (Å²) in [5.41, 5.74) is 1.92. The van der Waals surface area contributed by atoms with Crippen LogP contribution < -0.4 is 9.46 Å². The number of para-hydroxylation sites is 1. The molecule has 0 aliphatic rings. The van der Waals surface area contributed by atoms with Crippen molar-refractivity contribution in [3.05, 3.63) is 41.7 Å². The highest BCUT2D eigenvalue weighted by Crippen LogP contribution is 2.22. The first-order valence-corrected chi connectivity index (χ1v) is 8.65. The molecule has 1 heterocycles. The number of nitrogens with one attached hydrogen (secondary N) is 1. The fourth-order valence-corrected chi connectivity index (χ4v) is 3.38. The van der Waals surface area contributed by atoms with Crippen LogP contribution in [0.5, 0.6) is 5.75 Å². The average molecular weight is 323 g/mol. The first-order valence-electron chi connectivity index (χ1n) is 7.16. The molecule has 1 aromatic heterocycles. The lowest BCUT2D eigenvalue weighted by molar-refractivity contribution is 0.331. The fraction of sp³-hybridized carbons (Fsp3) is 0.400. The number of aryl methyl sites for hydroxylation is 2. The lowest BCUT2D eigenvalue weighted by Crippen LogP contribution is -2.28. The third-order valence-electron chi connectivity index (χ3n) is 3.16. The molecule has 2 aromatic rings. The normalized spacial score (nSPS) is 11.6. The van der Waals surface area contributed by atoms with Crippen molar-refractivity contribution >= 4 is 10.0 Å². The Morgan fingerprint density at radius 1 is 1.27 bits per heavy atom. The molecular weight excluding hydrogens is 302 g/mol. The Hall–Kier alpha value is -1.86. The number of ether oxygens (including phenoxy) is 1. The molecule has 0 aliphatic carbocycles. The molecule has 0 saturated heterocycles. The van der Waals surface area contributed by atoms with Gasteiger partial charge in [0.15, 0.2) is 0 Å². The van der Waals surface area contributed by atoms with E-state index >= 15 is 0 Å². The molecule has 7 heteroatoms. The van der Waals surface area contributed by atoms with Crippen LogP contribution in [0.2, 0.25) is 0 Å². The lowest BCUT2D eigenvalue weighted by atomic mass is 10.3. The van der Waals surface area contributed by atoms with Gasteiger partial charge in [-0.15, -0.1) is 0 Å². The Bertz CT molecular complexity index is 738. The monoisotopic (exact) mass is 323 g/mol. The van der Waals surface area contributed by atoms with Crippen LogP contribution in [0.15, 0.2) is 35.2 Å². The smallest absolute Gasteiger partial charge is 0.244 e. The summed E-state index contributed by atoms with van der Waals surface area (Å²) in [7, 11) is -3.61. The van der Waals surface area contributed by atoms with Crippen LogP contribution in [0.4, 0.5) is 0 Å². The number of sulfonamides is 1. The summed E-state index contributed by atoms with van der Waals surface area (Å²) in [6.07, 6.45) is 0. The van der Waals surface area contributed by atoms with Gasteiger partial charge in [0.1, 0.15) is 10.6 Å². The van der Waals surface area contributed by atoms with Gasteiger partial charge in [-0.25, -0.2) is 13.1 Å². The highest BCUT2D eigenvalue weighted by molar-refractivity contribution is 7.89. The van der Waals surface area contributed by atoms with Gasteiger partial charge in [0.2, 0.25) is 10.0 Å². The van der Waals surface area contributed by atoms with E-state index in [0.29, 0.717) is 18.9 Å². The third-order valence-corrected chi connectivity index (χ3v) is 4.66. The van der Waals surface area contributed by atoms with E-state index in [4.69, 9.17) is 4.74 Å². The van der Waals surface area contributed by atoms with Crippen molar-refractivity contribution in [3.63, 3.8) is 0 Å². The first-order chi connectivity index (χ1) is 10.4. The molecule has 0 spiro atoms. The number of rotatable bonds is 7. The molecule has 22 heavy (non-hydrogen) atoms. The summed E-state index contributed by atoms with van der Waals surface area (Å²) in [5.74, 6) is 0.364. The zero-order chi connectivity index (χ0) is 16.2. The molecule has 0 saturated carbocycles. The Morgan fingerprint density at radius 2 is 2.00 bits per heavy atom. The van der Waals surface area contributed by atoms with Crippen LogP contribution in [-0.2, 0) is 16.6 Å². The number of hydrogen-bond acceptors (Lipinski definition) is 4. The second kappa shape index (κ2) is 6.93. The molecule has 1 aromatic carbocycles. The molecule has 120 valence electrons. The number of hydrogen-bond donors (Lipinski definition) is 1. The van der Waals surface area contributed by atoms with E-state index < -0.39 is 10.0 Å². The van der Waals surface area contributed by atoms with E-state index in [1.54, 1.807) is 22.9 Å². The minimum Gasteiger partial charge on any atom is -0.492 e. The second-order valence-corrected chi connectivity index (χ2v) is 6.66. The Morgan fingerprint density at radius 3 is 2.64 bits per heavy atom. The summed E-state index contributed by atoms with van der Waals surface area (Å²) in [6.45, 7) is 6.84. The van der Waals surface area contributed by atoms with Crippen LogP contribution in [0.25, 0.3) is 0 Å². The minimum absolute atomic E-state index is 0.158. The van der Waals surface area contributed by atoms with E-state index in [-0.39, 0.29) is 11.4 Å². The minimum atomic E-state index is -3.61. The summed E-state index contributed by atoms with van der Waals surface area (Å²) in [4.78, 5) is 0.158. The molecule has 1 N–H and O–H groups in total. The van der Waals surface area contributed by atoms with Crippen LogP contribution in [0.1, 0.15) is 18.3 Å². The summed E-state index contributed by atoms with van der Waals surface area (Å²) in [5, 5.41) is 4.31. The zero-order valence-electron chi connectivity index (χ0n) is 13.0. The van der Waals surface area contributed by atoms with Crippen molar-refractivity contribution in [2.24, 2.45) is 0 Å². The van der Waals surface area contributed by atoms with Gasteiger partial charge in [-0.1, -0.05) is 12.1 Å². The Kier molecular flexibility index (Phi) is 5.20. The van der Waals surface area contributed by atoms with E-state index in [9.17, 15) is 8.42 Å². The maximum atomic E-state index is 12.4. The molecular formula is C15H21N3O3S. The zero-order valence-corrected chi connectivity index (χ0v) is 13.9. The third kappa shape index (κ3) is 3.86. The maximum Gasteiger partial charge on any atom is 0.244 e. The lowest BCUT2D eigenvalue weighted by Gasteiger charge is -2.12. The van der Waals surface area contributed by atoms with Crippen molar-refractivity contribution < 1.29 is 13.2 Å². The number of benzene rings is 1. The van der Waals surface area contributed by atoms with Crippen LogP contribution in [0, 0.1) is 13.8 Å². The van der Waals surface area contributed by atoms with E-state index in [0.717, 1.165) is 11.4 Å². The topological polar surface area (TPSA) is 73.2 Å². The molecule has 0 radical (unpaired) electrons. The molecule has 0 unspecified atom stereocenters. The van der Waals surface area contributed by atoms with Gasteiger partial charge in [-0.3, -0.25) is 4.68 Å². The highest BCUT2D eigenvalue weighted by Gasteiger charge is 2.18. The van der Waals surface area contributed by atoms with Crippen LogP contribution >= 0.6 is 0 Å². The van der Waals surface area contributed by atoms with Crippen LogP contribution in [-0.4, -0.2) is 31.3 Å². The Balaban J connectivity index is 2.07. The van der Waals surface area contributed by atoms with Crippen molar-refractivity contribution in [1.82, 2.24) is 14.5 Å². The standard InChI is InChI=1S/C15H21N3O3S/c1-4-21-14-7-5-6-8-15(14)22(19,20)16-9-10-18-13(3)11-12(2)17-18/h5-8,11,16H,4,9-10H2,1-3H3. The average Bonchev–Trinajstić information content (AvgIpc) is 2.78. The second-order valence-electron chi connectivity index (χ2n) is 4.93. The molecule has 0 bridgehead atoms. The van der Waals surface area contributed by atoms with E-state index in [1.807, 2.05) is 26.8 Å². The largest absolute Gasteiger partial charge is 0.492 e. The highest BCUT2D eigenvalue weighted by atomic mass is 32.2. The van der Waals surface area contributed by atoms with Gasteiger partial charge >= 0.3 is 0 Å². The molecule has 2 rings (SSSR count). The predicted molar refractivity (Wildman–Crippen MR) is 84.5 cm³/mol. The molecule has 0 aliphatic heterocycles. The molecule has 6 nitrogen and oxygen atoms in total. The fourth-order valence-electron chi connectivity index (χ4n) is 2.21. The Labute approximate surface area is 131 Å². The molecule has 0 atom stereocenters. The predicted octanol–water partition coefficient (Wildman–Crippen LogP) is 1.88. The van der Waals surface area contributed by atoms with E-state index in [2.05, 4.69) is 9.82 Å². The van der Waals surface area contributed by atoms with E-state index in [1.165, 1.54) is 6.07 Å². The summed E-state index contributed by atoms with van der Waals surface area (Å²) in [6, 6.07) is 8.58. The van der Waals surface area contributed by atoms with Gasteiger partial charge in [0.25, 0.3) is 0 Å². The summed E-state index contributed by atoms with van der Waals surface area (Å²) < 4.78 is 34.5. The van der Waals surface area contributed by atoms with Crippen molar-refractivity contribution in [2.75, 3.05) is 13.2 Å². The number of aromatic nitrogens is 2. The van der Waals surface area contributed by atoms with Crippen LogP contribution in [0.3, 0.4) is 0 Å². The van der Waals surface area contributed by atoms with Gasteiger partial charge < -0.3 is 4.74 Å². The SMILES string of the molecule is CCOc1ccccc1S(=O)(=O)NCCn1nc(C)cc1C. The number of nitrogens with zero attached hydrogens (tertiary/aromatic N) is 2. The van der Waals surface area contributed by atoms with Gasteiger partial charge in [0, 0.05) is 12.2 Å². The van der Waals surface area contributed by atoms with Gasteiger partial charge in [-0.2, -0.15) is 5.10 Å².